The van der Waals surface area contributed by atoms with E-state index in [0.717, 1.165) is 16.7 Å². The number of hydrogen-bond acceptors (Lipinski definition) is 5. The minimum absolute atomic E-state index is 0.348. The number of halogens is 2. The van der Waals surface area contributed by atoms with Crippen LogP contribution < -0.4 is 20.1 Å². The number of carbonyl (C=O) groups excluding carboxylic acids is 1. The van der Waals surface area contributed by atoms with Crippen molar-refractivity contribution in [2.24, 2.45) is 0 Å². The highest BCUT2D eigenvalue weighted by atomic mass is 35.5. The van der Waals surface area contributed by atoms with Crippen LogP contribution in [0.4, 0.5) is 0 Å². The first kappa shape index (κ1) is 25.8. The molecule has 3 aromatic rings. The van der Waals surface area contributed by atoms with Gasteiger partial charge in [0.2, 0.25) is 0 Å². The third kappa shape index (κ3) is 5.93. The molecule has 1 aliphatic rings. The van der Waals surface area contributed by atoms with E-state index < -0.39 is 12.0 Å². The van der Waals surface area contributed by atoms with Crippen molar-refractivity contribution in [2.75, 3.05) is 13.7 Å². The maximum absolute atomic E-state index is 13.0. The Morgan fingerprint density at radius 1 is 0.944 bits per heavy atom. The van der Waals surface area contributed by atoms with E-state index in [0.29, 0.717) is 51.1 Å². The van der Waals surface area contributed by atoms with Gasteiger partial charge in [0.15, 0.2) is 16.6 Å². The first-order valence-electron chi connectivity index (χ1n) is 11.2. The molecule has 0 saturated carbocycles. The summed E-state index contributed by atoms with van der Waals surface area (Å²) in [6.45, 7) is 2.68. The van der Waals surface area contributed by atoms with E-state index in [2.05, 4.69) is 10.6 Å². The molecule has 6 nitrogen and oxygen atoms in total. The standard InChI is InChI=1S/C27H24Cl2N2O4S/c1-3-34-22-14-18(8-13-21(22)35-15-16-4-9-19(28)10-5-16)25-23(26(32)33-2)24(30-27(36)31-25)17-6-11-20(29)12-7-17/h4-14,25H,3,15H2,1-2H3,(H2,30,31,36)/t25-/m1/s1. The van der Waals surface area contributed by atoms with E-state index in [4.69, 9.17) is 49.6 Å². The molecule has 0 unspecified atom stereocenters. The molecule has 1 aliphatic heterocycles. The van der Waals surface area contributed by atoms with Gasteiger partial charge in [0.1, 0.15) is 6.61 Å². The van der Waals surface area contributed by atoms with Gasteiger partial charge in [-0.3, -0.25) is 0 Å². The zero-order valence-electron chi connectivity index (χ0n) is 19.6. The van der Waals surface area contributed by atoms with Crippen molar-refractivity contribution in [3.63, 3.8) is 0 Å². The average Bonchev–Trinajstić information content (AvgIpc) is 2.88. The van der Waals surface area contributed by atoms with Crippen LogP contribution in [-0.4, -0.2) is 24.8 Å². The van der Waals surface area contributed by atoms with Crippen LogP contribution in [0.5, 0.6) is 11.5 Å². The van der Waals surface area contributed by atoms with Gasteiger partial charge < -0.3 is 24.8 Å². The number of hydrogen-bond donors (Lipinski definition) is 2. The highest BCUT2D eigenvalue weighted by molar-refractivity contribution is 7.80. The smallest absolute Gasteiger partial charge is 0.338 e. The van der Waals surface area contributed by atoms with Crippen LogP contribution in [0.2, 0.25) is 10.0 Å². The number of nitrogens with one attached hydrogen (secondary N) is 2. The summed E-state index contributed by atoms with van der Waals surface area (Å²) >= 11 is 17.5. The van der Waals surface area contributed by atoms with Crippen molar-refractivity contribution in [3.05, 3.63) is 99.0 Å². The quantitative estimate of drug-likeness (QED) is 0.264. The molecule has 1 heterocycles. The molecule has 36 heavy (non-hydrogen) atoms. The molecule has 0 aromatic heterocycles. The maximum Gasteiger partial charge on any atom is 0.338 e. The van der Waals surface area contributed by atoms with Crippen LogP contribution in [0, 0.1) is 0 Å². The van der Waals surface area contributed by atoms with E-state index in [1.54, 1.807) is 12.1 Å². The normalized spacial score (nSPS) is 15.1. The van der Waals surface area contributed by atoms with Gasteiger partial charge in [-0.15, -0.1) is 0 Å². The molecule has 0 spiro atoms. The molecular weight excluding hydrogens is 519 g/mol. The Kier molecular flexibility index (Phi) is 8.36. The van der Waals surface area contributed by atoms with Crippen LogP contribution in [0.3, 0.4) is 0 Å². The van der Waals surface area contributed by atoms with Crippen molar-refractivity contribution >= 4 is 52.2 Å². The Hall–Kier alpha value is -3.26. The SMILES string of the molecule is CCOc1cc([C@H]2NC(=S)NC(c3ccc(Cl)cc3)=C2C(=O)OC)ccc1OCc1ccc(Cl)cc1. The summed E-state index contributed by atoms with van der Waals surface area (Å²) in [7, 11) is 1.35. The Morgan fingerprint density at radius 2 is 1.61 bits per heavy atom. The summed E-state index contributed by atoms with van der Waals surface area (Å²) in [6.07, 6.45) is 0. The third-order valence-electron chi connectivity index (χ3n) is 5.52. The number of carbonyl (C=O) groups is 1. The summed E-state index contributed by atoms with van der Waals surface area (Å²) in [5.41, 5.74) is 3.41. The van der Waals surface area contributed by atoms with Gasteiger partial charge in [-0.1, -0.05) is 53.5 Å². The van der Waals surface area contributed by atoms with E-state index in [1.807, 2.05) is 61.5 Å². The number of ether oxygens (including phenoxy) is 3. The first-order chi connectivity index (χ1) is 17.4. The van der Waals surface area contributed by atoms with E-state index in [-0.39, 0.29) is 0 Å². The largest absolute Gasteiger partial charge is 0.490 e. The molecule has 2 N–H and O–H groups in total. The summed E-state index contributed by atoms with van der Waals surface area (Å²) in [5.74, 6) is 0.634. The predicted molar refractivity (Wildman–Crippen MR) is 145 cm³/mol. The monoisotopic (exact) mass is 542 g/mol. The molecule has 0 amide bonds. The van der Waals surface area contributed by atoms with Crippen LogP contribution in [0.1, 0.15) is 29.7 Å². The fraction of sp³-hybridized carbons (Fsp3) is 0.185. The van der Waals surface area contributed by atoms with Crippen molar-refractivity contribution in [2.45, 2.75) is 19.6 Å². The summed E-state index contributed by atoms with van der Waals surface area (Å²) < 4.78 is 17.1. The van der Waals surface area contributed by atoms with Gasteiger partial charge in [0, 0.05) is 10.0 Å². The minimum Gasteiger partial charge on any atom is -0.490 e. The highest BCUT2D eigenvalue weighted by Crippen LogP contribution is 2.37. The first-order valence-corrected chi connectivity index (χ1v) is 12.4. The van der Waals surface area contributed by atoms with E-state index >= 15 is 0 Å². The Bertz CT molecular complexity index is 1290. The molecule has 4 rings (SSSR count). The second kappa shape index (κ2) is 11.6. The minimum atomic E-state index is -0.582. The van der Waals surface area contributed by atoms with Gasteiger partial charge in [0.25, 0.3) is 0 Å². The van der Waals surface area contributed by atoms with E-state index in [1.165, 1.54) is 7.11 Å². The van der Waals surface area contributed by atoms with Gasteiger partial charge in [-0.25, -0.2) is 4.79 Å². The molecule has 3 aromatic carbocycles. The molecule has 0 fully saturated rings. The van der Waals surface area contributed by atoms with E-state index in [9.17, 15) is 4.79 Å². The highest BCUT2D eigenvalue weighted by Gasteiger charge is 2.33. The molecule has 0 bridgehead atoms. The Morgan fingerprint density at radius 3 is 2.25 bits per heavy atom. The molecule has 0 radical (unpaired) electrons. The fourth-order valence-corrected chi connectivity index (χ4v) is 4.29. The van der Waals surface area contributed by atoms with Gasteiger partial charge in [0.05, 0.1) is 31.0 Å². The average molecular weight is 543 g/mol. The summed E-state index contributed by atoms with van der Waals surface area (Å²) in [6, 6.07) is 19.5. The second-order valence-corrected chi connectivity index (χ2v) is 9.15. The van der Waals surface area contributed by atoms with Crippen molar-refractivity contribution in [1.29, 1.82) is 0 Å². The van der Waals surface area contributed by atoms with Gasteiger partial charge >= 0.3 is 5.97 Å². The van der Waals surface area contributed by atoms with Crippen molar-refractivity contribution in [1.82, 2.24) is 10.6 Å². The second-order valence-electron chi connectivity index (χ2n) is 7.87. The van der Waals surface area contributed by atoms with Crippen molar-refractivity contribution in [3.8, 4) is 11.5 Å². The maximum atomic E-state index is 13.0. The summed E-state index contributed by atoms with van der Waals surface area (Å²) in [5, 5.41) is 7.91. The molecule has 0 aliphatic carbocycles. The molecule has 186 valence electrons. The lowest BCUT2D eigenvalue weighted by Crippen LogP contribution is -2.45. The number of esters is 1. The lowest BCUT2D eigenvalue weighted by Gasteiger charge is -2.31. The molecular formula is C27H24Cl2N2O4S. The third-order valence-corrected chi connectivity index (χ3v) is 6.24. The molecule has 9 heteroatoms. The zero-order chi connectivity index (χ0) is 25.7. The lowest BCUT2D eigenvalue weighted by molar-refractivity contribution is -0.136. The van der Waals surface area contributed by atoms with Crippen LogP contribution in [0.25, 0.3) is 5.70 Å². The molecule has 0 saturated heterocycles. The zero-order valence-corrected chi connectivity index (χ0v) is 22.0. The lowest BCUT2D eigenvalue weighted by atomic mass is 9.92. The Balaban J connectivity index is 1.71. The van der Waals surface area contributed by atoms with Crippen LogP contribution in [0.15, 0.2) is 72.3 Å². The van der Waals surface area contributed by atoms with Crippen molar-refractivity contribution < 1.29 is 19.0 Å². The predicted octanol–water partition coefficient (Wildman–Crippen LogP) is 6.07. The van der Waals surface area contributed by atoms with Crippen LogP contribution >= 0.6 is 35.4 Å². The topological polar surface area (TPSA) is 68.8 Å². The number of thiocarbonyl (C=S) groups is 1. The van der Waals surface area contributed by atoms with Gasteiger partial charge in [-0.05, 0) is 72.2 Å². The fourth-order valence-electron chi connectivity index (χ4n) is 3.82. The summed E-state index contributed by atoms with van der Waals surface area (Å²) in [4.78, 5) is 13.0. The molecule has 1 atom stereocenters. The number of rotatable bonds is 8. The van der Waals surface area contributed by atoms with Crippen LogP contribution in [-0.2, 0) is 16.1 Å². The van der Waals surface area contributed by atoms with Gasteiger partial charge in [-0.2, -0.15) is 0 Å². The Labute approximate surface area is 225 Å². The number of benzene rings is 3. The number of methoxy groups -OCH3 is 1.